The van der Waals surface area contributed by atoms with Crippen molar-refractivity contribution in [3.63, 3.8) is 0 Å². The number of benzene rings is 1. The second-order valence-corrected chi connectivity index (χ2v) is 13.8. The van der Waals surface area contributed by atoms with Gasteiger partial charge in [-0.3, -0.25) is 9.69 Å². The summed E-state index contributed by atoms with van der Waals surface area (Å²) in [5.74, 6) is -0.879. The van der Waals surface area contributed by atoms with Gasteiger partial charge in [0.05, 0.1) is 17.7 Å². The van der Waals surface area contributed by atoms with E-state index >= 15 is 0 Å². The van der Waals surface area contributed by atoms with Crippen LogP contribution in [0, 0.1) is 34.5 Å². The van der Waals surface area contributed by atoms with Gasteiger partial charge in [0.2, 0.25) is 0 Å². The molecule has 0 unspecified atom stereocenters. The number of ether oxygens (including phenoxy) is 3. The molecule has 1 saturated heterocycles. The molecule has 6 aliphatic rings. The Morgan fingerprint density at radius 1 is 1.18 bits per heavy atom. The molecule has 7 heteroatoms. The number of carbonyl (C=O) groups excluding carboxylic acids is 2. The van der Waals surface area contributed by atoms with Crippen LogP contribution in [0.4, 0.5) is 10.5 Å². The number of anilines is 1. The summed E-state index contributed by atoms with van der Waals surface area (Å²) in [5, 5.41) is 13.1. The van der Waals surface area contributed by atoms with Crippen molar-refractivity contribution in [1.29, 1.82) is 0 Å². The minimum Gasteiger partial charge on any atom is -0.438 e. The molecule has 3 fully saturated rings. The molecule has 2 bridgehead atoms. The Bertz CT molecular complexity index is 1340. The Hall–Kier alpha value is -2.48. The van der Waals surface area contributed by atoms with Crippen molar-refractivity contribution in [2.45, 2.75) is 78.0 Å². The molecule has 1 aromatic carbocycles. The first-order chi connectivity index (χ1) is 18.3. The van der Waals surface area contributed by atoms with Crippen LogP contribution in [0.15, 0.2) is 47.6 Å². The summed E-state index contributed by atoms with van der Waals surface area (Å²) < 4.78 is 18.8. The Labute approximate surface area is 230 Å². The lowest BCUT2D eigenvalue weighted by atomic mass is 9.59. The van der Waals surface area contributed by atoms with Crippen molar-refractivity contribution in [1.82, 2.24) is 0 Å². The van der Waals surface area contributed by atoms with E-state index in [4.69, 9.17) is 14.2 Å². The van der Waals surface area contributed by atoms with E-state index in [1.54, 1.807) is 4.90 Å². The number of rotatable bonds is 1. The fourth-order valence-corrected chi connectivity index (χ4v) is 8.99. The SMILES string of the molecule is CC1=C[C@]23C(=O)[C@@H](C=C4COC(C)(C)O[C@H]4[C@]2(O)[C@H]1OC(=O)N1CCc2ccccc21)[C@H]1[C@@H](C[C@H]3C)C1(C)C. The van der Waals surface area contributed by atoms with Gasteiger partial charge < -0.3 is 19.3 Å². The van der Waals surface area contributed by atoms with Crippen LogP contribution < -0.4 is 4.90 Å². The molecule has 2 saturated carbocycles. The molecule has 2 aliphatic heterocycles. The second-order valence-electron chi connectivity index (χ2n) is 13.8. The number of para-hydroxylation sites is 1. The van der Waals surface area contributed by atoms with Gasteiger partial charge in [0, 0.05) is 12.5 Å². The van der Waals surface area contributed by atoms with Crippen molar-refractivity contribution < 1.29 is 28.9 Å². The summed E-state index contributed by atoms with van der Waals surface area (Å²) in [6.07, 6.45) is 3.13. The van der Waals surface area contributed by atoms with E-state index < -0.39 is 35.1 Å². The smallest absolute Gasteiger partial charge is 0.415 e. The molecule has 0 radical (unpaired) electrons. The van der Waals surface area contributed by atoms with Gasteiger partial charge in [0.25, 0.3) is 0 Å². The summed E-state index contributed by atoms with van der Waals surface area (Å²) in [7, 11) is 0. The van der Waals surface area contributed by atoms with Crippen molar-refractivity contribution >= 4 is 17.6 Å². The maximum atomic E-state index is 14.8. The van der Waals surface area contributed by atoms with Crippen LogP contribution in [0.25, 0.3) is 0 Å². The van der Waals surface area contributed by atoms with E-state index in [2.05, 4.69) is 20.8 Å². The second kappa shape index (κ2) is 7.83. The molecule has 8 atom stereocenters. The molecule has 39 heavy (non-hydrogen) atoms. The quantitative estimate of drug-likeness (QED) is 0.521. The van der Waals surface area contributed by atoms with E-state index in [-0.39, 0.29) is 35.6 Å². The number of ketones is 1. The number of nitrogens with zero attached hydrogens (tertiary/aromatic N) is 1. The van der Waals surface area contributed by atoms with Gasteiger partial charge in [-0.25, -0.2) is 4.79 Å². The van der Waals surface area contributed by atoms with Crippen LogP contribution in [0.5, 0.6) is 0 Å². The first-order valence-electron chi connectivity index (χ1n) is 14.4. The minimum atomic E-state index is -1.80. The topological polar surface area (TPSA) is 85.3 Å². The van der Waals surface area contributed by atoms with Gasteiger partial charge in [0.1, 0.15) is 6.10 Å². The lowest BCUT2D eigenvalue weighted by molar-refractivity contribution is -0.302. The van der Waals surface area contributed by atoms with E-state index in [9.17, 15) is 14.7 Å². The molecule has 7 rings (SSSR count). The van der Waals surface area contributed by atoms with E-state index in [0.717, 1.165) is 29.7 Å². The fraction of sp³-hybridized carbons (Fsp3) is 0.625. The van der Waals surface area contributed by atoms with Crippen molar-refractivity contribution in [3.05, 3.63) is 53.1 Å². The number of aliphatic hydroxyl groups is 1. The number of fused-ring (bicyclic) bond motifs is 6. The summed E-state index contributed by atoms with van der Waals surface area (Å²) in [5.41, 5.74) is 0.391. The largest absolute Gasteiger partial charge is 0.438 e. The number of hydrogen-bond acceptors (Lipinski definition) is 6. The van der Waals surface area contributed by atoms with Crippen LogP contribution in [0.3, 0.4) is 0 Å². The van der Waals surface area contributed by atoms with Crippen molar-refractivity contribution in [3.8, 4) is 0 Å². The van der Waals surface area contributed by atoms with Gasteiger partial charge in [-0.15, -0.1) is 0 Å². The van der Waals surface area contributed by atoms with Gasteiger partial charge in [0.15, 0.2) is 23.3 Å². The van der Waals surface area contributed by atoms with Gasteiger partial charge in [-0.1, -0.05) is 51.1 Å². The molecular formula is C32H39NO6. The maximum Gasteiger partial charge on any atom is 0.415 e. The zero-order valence-corrected chi connectivity index (χ0v) is 23.7. The summed E-state index contributed by atoms with van der Waals surface area (Å²) in [6, 6.07) is 7.82. The third-order valence-electron chi connectivity index (χ3n) is 11.0. The van der Waals surface area contributed by atoms with E-state index in [1.165, 1.54) is 0 Å². The Morgan fingerprint density at radius 2 is 1.92 bits per heavy atom. The van der Waals surface area contributed by atoms with Gasteiger partial charge in [-0.05, 0) is 79.6 Å². The first-order valence-corrected chi connectivity index (χ1v) is 14.4. The highest BCUT2D eigenvalue weighted by molar-refractivity contribution is 5.96. The van der Waals surface area contributed by atoms with Gasteiger partial charge >= 0.3 is 6.09 Å². The van der Waals surface area contributed by atoms with Gasteiger partial charge in [-0.2, -0.15) is 0 Å². The lowest BCUT2D eigenvalue weighted by Crippen LogP contribution is -2.68. The van der Waals surface area contributed by atoms with Crippen molar-refractivity contribution in [2.24, 2.45) is 34.5 Å². The van der Waals surface area contributed by atoms with Crippen LogP contribution >= 0.6 is 0 Å². The number of allylic oxidation sites excluding steroid dienone is 1. The van der Waals surface area contributed by atoms with Crippen molar-refractivity contribution in [2.75, 3.05) is 18.1 Å². The molecule has 4 aliphatic carbocycles. The maximum absolute atomic E-state index is 14.8. The molecule has 7 nitrogen and oxygen atoms in total. The number of hydrogen-bond donors (Lipinski definition) is 1. The highest BCUT2D eigenvalue weighted by Crippen LogP contribution is 2.72. The predicted octanol–water partition coefficient (Wildman–Crippen LogP) is 4.82. The van der Waals surface area contributed by atoms with Crippen LogP contribution in [0.2, 0.25) is 0 Å². The third kappa shape index (κ3) is 3.15. The summed E-state index contributed by atoms with van der Waals surface area (Å²) in [4.78, 5) is 30.2. The highest BCUT2D eigenvalue weighted by Gasteiger charge is 2.77. The van der Waals surface area contributed by atoms with Crippen LogP contribution in [0.1, 0.15) is 53.5 Å². The molecule has 1 N–H and O–H groups in total. The monoisotopic (exact) mass is 533 g/mol. The fourth-order valence-electron chi connectivity index (χ4n) is 8.99. The van der Waals surface area contributed by atoms with E-state index in [1.807, 2.05) is 57.2 Å². The summed E-state index contributed by atoms with van der Waals surface area (Å²) in [6.45, 7) is 12.9. The molecule has 208 valence electrons. The van der Waals surface area contributed by atoms with E-state index in [0.29, 0.717) is 18.0 Å². The zero-order valence-electron chi connectivity index (χ0n) is 23.7. The molecule has 1 amide bonds. The molecule has 0 aromatic heterocycles. The summed E-state index contributed by atoms with van der Waals surface area (Å²) >= 11 is 0. The van der Waals surface area contributed by atoms with Crippen LogP contribution in [-0.2, 0) is 25.4 Å². The average Bonchev–Trinajstić information content (AvgIpc) is 3.16. The number of carbonyl (C=O) groups is 2. The molecule has 1 spiro atoms. The Morgan fingerprint density at radius 3 is 2.69 bits per heavy atom. The minimum absolute atomic E-state index is 0.0169. The molecule has 2 heterocycles. The molecule has 1 aromatic rings. The third-order valence-corrected chi connectivity index (χ3v) is 11.0. The number of Topliss-reactive ketones (excluding diaryl/α,β-unsaturated/α-hetero) is 1. The highest BCUT2D eigenvalue weighted by atomic mass is 16.7. The normalized spacial score (nSPS) is 42.6. The number of amides is 1. The predicted molar refractivity (Wildman–Crippen MR) is 145 cm³/mol. The standard InChI is InChI=1S/C32H39NO6/c1-17-15-31-18(2)13-22-24(29(22,3)4)21(25(31)34)14-20-16-37-30(5,6)39-27(20)32(31,36)26(17)38-28(35)33-12-11-19-9-7-8-10-23(19)33/h7-10,14-15,18,21-22,24,26-27,36H,11-13,16H2,1-6H3/t18-,21+,22-,24+,26+,27-,31+,32-/m1/s1. The van der Waals surface area contributed by atoms with Crippen LogP contribution in [-0.4, -0.2) is 53.7 Å². The Balaban J connectivity index is 1.35. The first kappa shape index (κ1) is 25.5. The Kier molecular flexibility index (Phi) is 5.12. The average molecular weight is 534 g/mol. The lowest BCUT2D eigenvalue weighted by Gasteiger charge is -2.52. The molecular weight excluding hydrogens is 494 g/mol. The zero-order chi connectivity index (χ0) is 27.7.